The topological polar surface area (TPSA) is 45.6 Å². The number of ether oxygens (including phenoxy) is 1. The van der Waals surface area contributed by atoms with Crippen LogP contribution in [0.2, 0.25) is 0 Å². The smallest absolute Gasteiger partial charge is 0.190 e. The summed E-state index contributed by atoms with van der Waals surface area (Å²) in [7, 11) is 1.77. The van der Waals surface area contributed by atoms with Crippen LogP contribution in [-0.2, 0) is 4.74 Å². The molecule has 0 amide bonds. The minimum absolute atomic E-state index is 0.190. The number of guanidine groups is 1. The van der Waals surface area contributed by atoms with Crippen LogP contribution >= 0.6 is 11.8 Å². The molecule has 0 unspecified atom stereocenters. The fourth-order valence-corrected chi connectivity index (χ4v) is 2.60. The Bertz CT molecular complexity index is 426. The highest BCUT2D eigenvalue weighted by molar-refractivity contribution is 7.99. The molecule has 0 atom stereocenters. The lowest BCUT2D eigenvalue weighted by Gasteiger charge is -2.11. The molecule has 0 spiro atoms. The Morgan fingerprint density at radius 1 is 1.18 bits per heavy atom. The highest BCUT2D eigenvalue weighted by Crippen LogP contribution is 2.18. The van der Waals surface area contributed by atoms with Gasteiger partial charge < -0.3 is 15.4 Å². The maximum atomic E-state index is 12.8. The normalized spacial score (nSPS) is 11.5. The van der Waals surface area contributed by atoms with Crippen LogP contribution in [0.1, 0.15) is 19.8 Å². The molecule has 0 aliphatic rings. The van der Waals surface area contributed by atoms with Gasteiger partial charge in [-0.1, -0.05) is 0 Å². The first-order valence-corrected chi connectivity index (χ1v) is 8.65. The van der Waals surface area contributed by atoms with Crippen molar-refractivity contribution < 1.29 is 9.13 Å². The largest absolute Gasteiger partial charge is 0.382 e. The molecule has 0 aromatic heterocycles. The Morgan fingerprint density at radius 2 is 1.86 bits per heavy atom. The average Bonchev–Trinajstić information content (AvgIpc) is 2.54. The molecule has 22 heavy (non-hydrogen) atoms. The molecule has 1 aromatic carbocycles. The maximum absolute atomic E-state index is 12.8. The molecule has 0 bridgehead atoms. The van der Waals surface area contributed by atoms with E-state index >= 15 is 0 Å². The van der Waals surface area contributed by atoms with E-state index in [0.29, 0.717) is 0 Å². The summed E-state index contributed by atoms with van der Waals surface area (Å²) in [6.07, 6.45) is 1.98. The monoisotopic (exact) mass is 327 g/mol. The minimum atomic E-state index is -0.190. The van der Waals surface area contributed by atoms with Gasteiger partial charge in [0.1, 0.15) is 5.82 Å². The SMILES string of the molecule is CCOCCCNC(=NC)NCCCSc1ccc(F)cc1. The third-order valence-corrected chi connectivity index (χ3v) is 3.98. The number of nitrogens with zero attached hydrogens (tertiary/aromatic N) is 1. The van der Waals surface area contributed by atoms with Crippen LogP contribution in [0.3, 0.4) is 0 Å². The summed E-state index contributed by atoms with van der Waals surface area (Å²) in [6.45, 7) is 5.24. The van der Waals surface area contributed by atoms with Gasteiger partial charge in [0.25, 0.3) is 0 Å². The Kier molecular flexibility index (Phi) is 10.5. The van der Waals surface area contributed by atoms with Gasteiger partial charge in [0.2, 0.25) is 0 Å². The fraction of sp³-hybridized carbons (Fsp3) is 0.562. The first-order chi connectivity index (χ1) is 10.8. The molecule has 0 aliphatic carbocycles. The van der Waals surface area contributed by atoms with Crippen LogP contribution in [0.25, 0.3) is 0 Å². The zero-order valence-corrected chi connectivity index (χ0v) is 14.2. The van der Waals surface area contributed by atoms with Crippen molar-refractivity contribution in [3.05, 3.63) is 30.1 Å². The zero-order valence-electron chi connectivity index (χ0n) is 13.4. The molecule has 0 saturated heterocycles. The molecule has 2 N–H and O–H groups in total. The lowest BCUT2D eigenvalue weighted by atomic mass is 10.4. The summed E-state index contributed by atoms with van der Waals surface area (Å²) in [5.41, 5.74) is 0. The summed E-state index contributed by atoms with van der Waals surface area (Å²) in [5.74, 6) is 1.62. The van der Waals surface area contributed by atoms with Crippen molar-refractivity contribution >= 4 is 17.7 Å². The van der Waals surface area contributed by atoms with E-state index in [1.54, 1.807) is 18.8 Å². The van der Waals surface area contributed by atoms with E-state index < -0.39 is 0 Å². The van der Waals surface area contributed by atoms with Crippen LogP contribution in [-0.4, -0.2) is 45.1 Å². The second-order valence-corrected chi connectivity index (χ2v) is 5.80. The first-order valence-electron chi connectivity index (χ1n) is 7.67. The third-order valence-electron chi connectivity index (χ3n) is 2.88. The Hall–Kier alpha value is -1.27. The van der Waals surface area contributed by atoms with Crippen molar-refractivity contribution in [2.45, 2.75) is 24.7 Å². The molecule has 0 saturated carbocycles. The van der Waals surface area contributed by atoms with E-state index in [-0.39, 0.29) is 5.82 Å². The molecule has 0 radical (unpaired) electrons. The van der Waals surface area contributed by atoms with E-state index in [2.05, 4.69) is 15.6 Å². The Balaban J connectivity index is 2.05. The first kappa shape index (κ1) is 18.8. The number of hydrogen-bond acceptors (Lipinski definition) is 3. The quantitative estimate of drug-likeness (QED) is 0.300. The molecular weight excluding hydrogens is 301 g/mol. The van der Waals surface area contributed by atoms with Crippen LogP contribution in [0.15, 0.2) is 34.2 Å². The number of nitrogens with one attached hydrogen (secondary N) is 2. The molecule has 4 nitrogen and oxygen atoms in total. The van der Waals surface area contributed by atoms with E-state index in [1.165, 1.54) is 12.1 Å². The summed E-state index contributed by atoms with van der Waals surface area (Å²) in [6, 6.07) is 6.61. The van der Waals surface area contributed by atoms with Crippen LogP contribution in [0.5, 0.6) is 0 Å². The Morgan fingerprint density at radius 3 is 2.50 bits per heavy atom. The van der Waals surface area contributed by atoms with Crippen molar-refractivity contribution in [1.82, 2.24) is 10.6 Å². The van der Waals surface area contributed by atoms with Crippen LogP contribution < -0.4 is 10.6 Å². The minimum Gasteiger partial charge on any atom is -0.382 e. The van der Waals surface area contributed by atoms with E-state index in [9.17, 15) is 4.39 Å². The predicted octanol–water partition coefficient (Wildman–Crippen LogP) is 2.90. The molecule has 0 fully saturated rings. The van der Waals surface area contributed by atoms with Gasteiger partial charge in [-0.15, -0.1) is 11.8 Å². The predicted molar refractivity (Wildman–Crippen MR) is 92.2 cm³/mol. The molecule has 1 rings (SSSR count). The van der Waals surface area contributed by atoms with Crippen molar-refractivity contribution in [3.63, 3.8) is 0 Å². The number of thioether (sulfide) groups is 1. The number of rotatable bonds is 10. The molecule has 0 aliphatic heterocycles. The molecule has 1 aromatic rings. The van der Waals surface area contributed by atoms with Gasteiger partial charge in [-0.2, -0.15) is 0 Å². The van der Waals surface area contributed by atoms with Gasteiger partial charge in [-0.3, -0.25) is 4.99 Å². The van der Waals surface area contributed by atoms with Crippen LogP contribution in [0, 0.1) is 5.82 Å². The molecule has 124 valence electrons. The van der Waals surface area contributed by atoms with E-state index in [4.69, 9.17) is 4.74 Å². The molecular formula is C16H26FN3OS. The van der Waals surface area contributed by atoms with E-state index in [1.807, 2.05) is 19.1 Å². The van der Waals surface area contributed by atoms with Crippen molar-refractivity contribution in [2.24, 2.45) is 4.99 Å². The molecule has 6 heteroatoms. The van der Waals surface area contributed by atoms with Crippen molar-refractivity contribution in [2.75, 3.05) is 39.1 Å². The zero-order chi connectivity index (χ0) is 16.0. The lowest BCUT2D eigenvalue weighted by molar-refractivity contribution is 0.145. The fourth-order valence-electron chi connectivity index (χ4n) is 1.75. The van der Waals surface area contributed by atoms with Crippen molar-refractivity contribution in [3.8, 4) is 0 Å². The average molecular weight is 327 g/mol. The van der Waals surface area contributed by atoms with Gasteiger partial charge in [0.15, 0.2) is 5.96 Å². The molecule has 0 heterocycles. The number of benzene rings is 1. The maximum Gasteiger partial charge on any atom is 0.190 e. The lowest BCUT2D eigenvalue weighted by Crippen LogP contribution is -2.38. The van der Waals surface area contributed by atoms with Gasteiger partial charge in [-0.05, 0) is 49.8 Å². The number of hydrogen-bond donors (Lipinski definition) is 2. The standard InChI is InChI=1S/C16H26FN3OS/c1-3-21-12-4-10-19-16(18-2)20-11-5-13-22-15-8-6-14(17)7-9-15/h6-9H,3-5,10-13H2,1-2H3,(H2,18,19,20). The van der Waals surface area contributed by atoms with Crippen molar-refractivity contribution in [1.29, 1.82) is 0 Å². The van der Waals surface area contributed by atoms with Gasteiger partial charge in [0, 0.05) is 38.2 Å². The van der Waals surface area contributed by atoms with Gasteiger partial charge in [-0.25, -0.2) is 4.39 Å². The highest BCUT2D eigenvalue weighted by atomic mass is 32.2. The van der Waals surface area contributed by atoms with Gasteiger partial charge >= 0.3 is 0 Å². The summed E-state index contributed by atoms with van der Waals surface area (Å²) >= 11 is 1.73. The third kappa shape index (κ3) is 8.89. The Labute approximate surface area is 136 Å². The van der Waals surface area contributed by atoms with Crippen LogP contribution in [0.4, 0.5) is 4.39 Å². The van der Waals surface area contributed by atoms with Gasteiger partial charge in [0.05, 0.1) is 0 Å². The summed E-state index contributed by atoms with van der Waals surface area (Å²) in [4.78, 5) is 5.27. The summed E-state index contributed by atoms with van der Waals surface area (Å²) < 4.78 is 18.1. The second kappa shape index (κ2) is 12.3. The second-order valence-electron chi connectivity index (χ2n) is 4.63. The summed E-state index contributed by atoms with van der Waals surface area (Å²) in [5, 5.41) is 6.53. The number of aliphatic imine (C=N–C) groups is 1. The van der Waals surface area contributed by atoms with E-state index in [0.717, 1.165) is 55.8 Å². The number of halogens is 1. The highest BCUT2D eigenvalue weighted by Gasteiger charge is 1.98.